The van der Waals surface area contributed by atoms with Crippen molar-refractivity contribution in [3.8, 4) is 5.75 Å². The molecule has 0 N–H and O–H groups in total. The summed E-state index contributed by atoms with van der Waals surface area (Å²) in [5.74, 6) is 1.03. The lowest BCUT2D eigenvalue weighted by Gasteiger charge is -2.36. The highest BCUT2D eigenvalue weighted by atomic mass is 35.5. The van der Waals surface area contributed by atoms with Crippen molar-refractivity contribution in [2.75, 3.05) is 37.7 Å². The molecule has 3 rings (SSSR count). The molecular weight excluding hydrogens is 350 g/mol. The zero-order chi connectivity index (χ0) is 18.4. The second-order valence-electron chi connectivity index (χ2n) is 6.44. The van der Waals surface area contributed by atoms with Gasteiger partial charge in [-0.1, -0.05) is 11.6 Å². The van der Waals surface area contributed by atoms with E-state index < -0.39 is 0 Å². The quantitative estimate of drug-likeness (QED) is 0.726. The Labute approximate surface area is 159 Å². The minimum absolute atomic E-state index is 0.204. The number of carbonyl (C=O) groups is 1. The number of nitrogens with zero attached hydrogens (tertiary/aromatic N) is 3. The fourth-order valence-corrected chi connectivity index (χ4v) is 3.33. The van der Waals surface area contributed by atoms with E-state index in [1.54, 1.807) is 12.4 Å². The fraction of sp³-hybridized carbons (Fsp3) is 0.400. The van der Waals surface area contributed by atoms with Gasteiger partial charge in [0.15, 0.2) is 0 Å². The maximum Gasteiger partial charge on any atom is 0.222 e. The standard InChI is InChI=1S/C20H24ClN3O2/c1-16-15-17(21)4-5-19(16)26-14-2-3-20(25)24-12-10-23(11-13-24)18-6-8-22-9-7-18/h4-9,15H,2-3,10-14H2,1H3. The van der Waals surface area contributed by atoms with Crippen molar-refractivity contribution in [1.82, 2.24) is 9.88 Å². The molecule has 0 aliphatic carbocycles. The molecular formula is C20H24ClN3O2. The molecule has 138 valence electrons. The van der Waals surface area contributed by atoms with Crippen molar-refractivity contribution >= 4 is 23.2 Å². The summed E-state index contributed by atoms with van der Waals surface area (Å²) in [7, 11) is 0. The summed E-state index contributed by atoms with van der Waals surface area (Å²) >= 11 is 5.94. The van der Waals surface area contributed by atoms with Gasteiger partial charge in [0, 0.05) is 55.7 Å². The van der Waals surface area contributed by atoms with Gasteiger partial charge in [-0.3, -0.25) is 9.78 Å². The highest BCUT2D eigenvalue weighted by Crippen LogP contribution is 2.22. The lowest BCUT2D eigenvalue weighted by Crippen LogP contribution is -2.48. The minimum atomic E-state index is 0.204. The van der Waals surface area contributed by atoms with Gasteiger partial charge in [0.25, 0.3) is 0 Å². The van der Waals surface area contributed by atoms with Crippen LogP contribution in [0.2, 0.25) is 5.02 Å². The number of piperazine rings is 1. The fourth-order valence-electron chi connectivity index (χ4n) is 3.11. The second kappa shape index (κ2) is 8.90. The van der Waals surface area contributed by atoms with Gasteiger partial charge >= 0.3 is 0 Å². The van der Waals surface area contributed by atoms with E-state index in [4.69, 9.17) is 16.3 Å². The van der Waals surface area contributed by atoms with E-state index in [1.165, 1.54) is 5.69 Å². The van der Waals surface area contributed by atoms with Gasteiger partial charge < -0.3 is 14.5 Å². The SMILES string of the molecule is Cc1cc(Cl)ccc1OCCCC(=O)N1CCN(c2ccncc2)CC1. The molecule has 1 aromatic carbocycles. The molecule has 6 heteroatoms. The van der Waals surface area contributed by atoms with Crippen molar-refractivity contribution in [1.29, 1.82) is 0 Å². The first-order valence-corrected chi connectivity index (χ1v) is 9.33. The Kier molecular flexibility index (Phi) is 6.34. The third kappa shape index (κ3) is 4.88. The summed E-state index contributed by atoms with van der Waals surface area (Å²) in [6.07, 6.45) is 4.83. The summed E-state index contributed by atoms with van der Waals surface area (Å²) in [4.78, 5) is 20.7. The number of pyridine rings is 1. The van der Waals surface area contributed by atoms with Crippen LogP contribution in [-0.4, -0.2) is 48.6 Å². The summed E-state index contributed by atoms with van der Waals surface area (Å²) in [6, 6.07) is 9.58. The van der Waals surface area contributed by atoms with Gasteiger partial charge in [0.05, 0.1) is 6.61 Å². The Morgan fingerprint density at radius 1 is 1.15 bits per heavy atom. The lowest BCUT2D eigenvalue weighted by atomic mass is 10.2. The first kappa shape index (κ1) is 18.5. The highest BCUT2D eigenvalue weighted by Gasteiger charge is 2.20. The van der Waals surface area contributed by atoms with Crippen molar-refractivity contribution in [3.63, 3.8) is 0 Å². The van der Waals surface area contributed by atoms with Gasteiger partial charge in [0.1, 0.15) is 5.75 Å². The Bertz CT molecular complexity index is 731. The molecule has 26 heavy (non-hydrogen) atoms. The molecule has 0 atom stereocenters. The van der Waals surface area contributed by atoms with Gasteiger partial charge in [-0.2, -0.15) is 0 Å². The number of amides is 1. The molecule has 1 fully saturated rings. The van der Waals surface area contributed by atoms with Crippen LogP contribution in [0.25, 0.3) is 0 Å². The first-order chi connectivity index (χ1) is 12.6. The van der Waals surface area contributed by atoms with Gasteiger partial charge in [-0.15, -0.1) is 0 Å². The lowest BCUT2D eigenvalue weighted by molar-refractivity contribution is -0.131. The number of hydrogen-bond donors (Lipinski definition) is 0. The predicted octanol–water partition coefficient (Wildman–Crippen LogP) is 3.55. The average Bonchev–Trinajstić information content (AvgIpc) is 2.67. The Morgan fingerprint density at radius 3 is 2.58 bits per heavy atom. The van der Waals surface area contributed by atoms with E-state index in [2.05, 4.69) is 9.88 Å². The molecule has 0 radical (unpaired) electrons. The molecule has 2 heterocycles. The highest BCUT2D eigenvalue weighted by molar-refractivity contribution is 6.30. The molecule has 5 nitrogen and oxygen atoms in total. The third-order valence-corrected chi connectivity index (χ3v) is 4.82. The van der Waals surface area contributed by atoms with Crippen LogP contribution in [0.1, 0.15) is 18.4 Å². The smallest absolute Gasteiger partial charge is 0.222 e. The van der Waals surface area contributed by atoms with Crippen LogP contribution in [-0.2, 0) is 4.79 Å². The number of ether oxygens (including phenoxy) is 1. The zero-order valence-corrected chi connectivity index (χ0v) is 15.8. The predicted molar refractivity (Wildman–Crippen MR) is 104 cm³/mol. The molecule has 0 saturated carbocycles. The van der Waals surface area contributed by atoms with Crippen LogP contribution >= 0.6 is 11.6 Å². The van der Waals surface area contributed by atoms with E-state index in [0.717, 1.165) is 37.5 Å². The van der Waals surface area contributed by atoms with E-state index in [-0.39, 0.29) is 5.91 Å². The zero-order valence-electron chi connectivity index (χ0n) is 15.0. The van der Waals surface area contributed by atoms with Crippen LogP contribution in [0.4, 0.5) is 5.69 Å². The molecule has 0 unspecified atom stereocenters. The first-order valence-electron chi connectivity index (χ1n) is 8.95. The number of carbonyl (C=O) groups excluding carboxylic acids is 1. The van der Waals surface area contributed by atoms with Gasteiger partial charge in [0.2, 0.25) is 5.91 Å². The Hall–Kier alpha value is -2.27. The summed E-state index contributed by atoms with van der Waals surface area (Å²) < 4.78 is 5.76. The molecule has 1 aromatic heterocycles. The third-order valence-electron chi connectivity index (χ3n) is 4.59. The van der Waals surface area contributed by atoms with Crippen LogP contribution in [0.3, 0.4) is 0 Å². The van der Waals surface area contributed by atoms with Crippen molar-refractivity contribution in [2.24, 2.45) is 0 Å². The largest absolute Gasteiger partial charge is 0.493 e. The monoisotopic (exact) mass is 373 g/mol. The molecule has 1 amide bonds. The molecule has 1 aliphatic rings. The maximum atomic E-state index is 12.4. The normalized spacial score (nSPS) is 14.4. The van der Waals surface area contributed by atoms with Crippen LogP contribution in [0, 0.1) is 6.92 Å². The molecule has 2 aromatic rings. The number of halogens is 1. The molecule has 0 bridgehead atoms. The molecule has 0 spiro atoms. The van der Waals surface area contributed by atoms with Gasteiger partial charge in [-0.25, -0.2) is 0 Å². The topological polar surface area (TPSA) is 45.7 Å². The van der Waals surface area contributed by atoms with E-state index in [9.17, 15) is 4.79 Å². The van der Waals surface area contributed by atoms with Crippen LogP contribution < -0.4 is 9.64 Å². The number of rotatable bonds is 6. The van der Waals surface area contributed by atoms with Gasteiger partial charge in [-0.05, 0) is 49.2 Å². The van der Waals surface area contributed by atoms with Crippen molar-refractivity contribution in [3.05, 3.63) is 53.3 Å². The van der Waals surface area contributed by atoms with Crippen molar-refractivity contribution < 1.29 is 9.53 Å². The van der Waals surface area contributed by atoms with Crippen molar-refractivity contribution in [2.45, 2.75) is 19.8 Å². The van der Waals surface area contributed by atoms with E-state index in [0.29, 0.717) is 24.5 Å². The Morgan fingerprint density at radius 2 is 1.88 bits per heavy atom. The Balaban J connectivity index is 1.38. The minimum Gasteiger partial charge on any atom is -0.493 e. The number of aromatic nitrogens is 1. The van der Waals surface area contributed by atoms with E-state index in [1.807, 2.05) is 42.2 Å². The van der Waals surface area contributed by atoms with Crippen LogP contribution in [0.15, 0.2) is 42.7 Å². The summed E-state index contributed by atoms with van der Waals surface area (Å²) in [5, 5.41) is 0.705. The number of hydrogen-bond acceptors (Lipinski definition) is 4. The van der Waals surface area contributed by atoms with Crippen LogP contribution in [0.5, 0.6) is 5.75 Å². The molecule has 1 aliphatic heterocycles. The maximum absolute atomic E-state index is 12.4. The summed E-state index contributed by atoms with van der Waals surface area (Å²) in [5.41, 5.74) is 2.18. The second-order valence-corrected chi connectivity index (χ2v) is 6.87. The van der Waals surface area contributed by atoms with E-state index >= 15 is 0 Å². The summed E-state index contributed by atoms with van der Waals surface area (Å²) in [6.45, 7) is 5.74. The number of benzene rings is 1. The number of anilines is 1. The average molecular weight is 374 g/mol. The number of aryl methyl sites for hydroxylation is 1. The molecule has 1 saturated heterocycles.